The van der Waals surface area contributed by atoms with Gasteiger partial charge in [0.1, 0.15) is 10.6 Å². The van der Waals surface area contributed by atoms with E-state index in [0.29, 0.717) is 5.56 Å². The normalized spacial score (nSPS) is 11.1. The van der Waals surface area contributed by atoms with Crippen LogP contribution in [-0.4, -0.2) is 37.9 Å². The first kappa shape index (κ1) is 23.3. The molecule has 0 bridgehead atoms. The van der Waals surface area contributed by atoms with Crippen LogP contribution >= 0.6 is 11.6 Å². The lowest BCUT2D eigenvalue weighted by atomic mass is 10.2. The van der Waals surface area contributed by atoms with Crippen LogP contribution < -0.4 is 14.5 Å². The Morgan fingerprint density at radius 1 is 1.12 bits per heavy atom. The fraction of sp³-hybridized carbons (Fsp3) is 0.190. The van der Waals surface area contributed by atoms with Crippen molar-refractivity contribution in [3.05, 3.63) is 75.2 Å². The van der Waals surface area contributed by atoms with Gasteiger partial charge in [0.05, 0.1) is 30.5 Å². The topological polar surface area (TPSA) is 114 Å². The zero-order valence-corrected chi connectivity index (χ0v) is 18.9. The lowest BCUT2D eigenvalue weighted by molar-refractivity contribution is 0.0515. The van der Waals surface area contributed by atoms with Crippen molar-refractivity contribution < 1.29 is 26.9 Å². The second-order valence-electron chi connectivity index (χ2n) is 6.47. The van der Waals surface area contributed by atoms with Crippen molar-refractivity contribution in [3.63, 3.8) is 0 Å². The minimum absolute atomic E-state index is 0.0103. The van der Waals surface area contributed by atoms with Gasteiger partial charge in [-0.1, -0.05) is 29.8 Å². The first-order chi connectivity index (χ1) is 15.2. The van der Waals surface area contributed by atoms with E-state index < -0.39 is 33.1 Å². The van der Waals surface area contributed by atoms with Crippen molar-refractivity contribution in [2.45, 2.75) is 18.7 Å². The molecule has 9 nitrogen and oxygen atoms in total. The molecule has 168 valence electrons. The minimum atomic E-state index is -4.50. The summed E-state index contributed by atoms with van der Waals surface area (Å²) in [6, 6.07) is 11.6. The van der Waals surface area contributed by atoms with Gasteiger partial charge in [0.15, 0.2) is 5.75 Å². The molecule has 0 amide bonds. The predicted molar refractivity (Wildman–Crippen MR) is 116 cm³/mol. The van der Waals surface area contributed by atoms with Gasteiger partial charge in [0.2, 0.25) is 5.69 Å². The third-order valence-corrected chi connectivity index (χ3v) is 5.81. The molecule has 0 spiro atoms. The van der Waals surface area contributed by atoms with Crippen molar-refractivity contribution in [1.29, 1.82) is 0 Å². The van der Waals surface area contributed by atoms with E-state index in [4.69, 9.17) is 25.3 Å². The highest BCUT2D eigenvalue weighted by Gasteiger charge is 2.28. The SMILES string of the molecule is CCOC(=O)c1nn(-c2ccccc2Cl)c(=O)cc1OS(=O)(=O)c1cc(C)ccc1OC. The molecular weight excluding hydrogens is 460 g/mol. The van der Waals surface area contributed by atoms with E-state index in [9.17, 15) is 18.0 Å². The summed E-state index contributed by atoms with van der Waals surface area (Å²) in [6.07, 6.45) is 0. The molecule has 0 aliphatic heterocycles. The minimum Gasteiger partial charge on any atom is -0.495 e. The van der Waals surface area contributed by atoms with Crippen molar-refractivity contribution in [1.82, 2.24) is 9.78 Å². The second kappa shape index (κ2) is 9.41. The predicted octanol–water partition coefficient (Wildman–Crippen LogP) is 3.15. The number of esters is 1. The lowest BCUT2D eigenvalue weighted by Crippen LogP contribution is -2.26. The first-order valence-corrected chi connectivity index (χ1v) is 11.1. The fourth-order valence-corrected chi connectivity index (χ4v) is 4.18. The summed E-state index contributed by atoms with van der Waals surface area (Å²) in [4.78, 5) is 25.0. The number of hydrogen-bond acceptors (Lipinski definition) is 8. The van der Waals surface area contributed by atoms with Crippen LogP contribution in [0.3, 0.4) is 0 Å². The van der Waals surface area contributed by atoms with Crippen molar-refractivity contribution in [2.24, 2.45) is 0 Å². The Morgan fingerprint density at radius 3 is 2.50 bits per heavy atom. The van der Waals surface area contributed by atoms with Gasteiger partial charge < -0.3 is 13.7 Å². The smallest absolute Gasteiger partial charge is 0.362 e. The van der Waals surface area contributed by atoms with E-state index in [1.54, 1.807) is 32.0 Å². The van der Waals surface area contributed by atoms with Gasteiger partial charge in [-0.05, 0) is 43.7 Å². The molecule has 0 fully saturated rings. The van der Waals surface area contributed by atoms with E-state index in [-0.39, 0.29) is 28.0 Å². The van der Waals surface area contributed by atoms with Crippen molar-refractivity contribution in [2.75, 3.05) is 13.7 Å². The molecule has 1 heterocycles. The van der Waals surface area contributed by atoms with Crippen LogP contribution in [0.4, 0.5) is 0 Å². The van der Waals surface area contributed by atoms with Gasteiger partial charge in [-0.2, -0.15) is 18.2 Å². The molecule has 0 N–H and O–H groups in total. The second-order valence-corrected chi connectivity index (χ2v) is 8.39. The van der Waals surface area contributed by atoms with E-state index in [2.05, 4.69) is 5.10 Å². The van der Waals surface area contributed by atoms with Crippen molar-refractivity contribution >= 4 is 27.7 Å². The summed E-state index contributed by atoms with van der Waals surface area (Å²) in [5.41, 5.74) is -0.459. The van der Waals surface area contributed by atoms with Crippen molar-refractivity contribution in [3.8, 4) is 17.2 Å². The van der Waals surface area contributed by atoms with Crippen LogP contribution in [0.2, 0.25) is 5.02 Å². The van der Waals surface area contributed by atoms with Crippen LogP contribution in [0.1, 0.15) is 23.0 Å². The molecule has 0 radical (unpaired) electrons. The number of benzene rings is 2. The van der Waals surface area contributed by atoms with Crippen LogP contribution in [0.25, 0.3) is 5.69 Å². The third kappa shape index (κ3) is 4.76. The largest absolute Gasteiger partial charge is 0.495 e. The molecule has 0 atom stereocenters. The highest BCUT2D eigenvalue weighted by Crippen LogP contribution is 2.29. The number of halogens is 1. The summed E-state index contributed by atoms with van der Waals surface area (Å²) in [7, 11) is -3.19. The molecule has 0 unspecified atom stereocenters. The Labute approximate surface area is 189 Å². The number of aryl methyl sites for hydroxylation is 1. The number of rotatable bonds is 7. The quantitative estimate of drug-likeness (QED) is 0.376. The molecule has 0 aliphatic carbocycles. The monoisotopic (exact) mass is 478 g/mol. The highest BCUT2D eigenvalue weighted by atomic mass is 35.5. The maximum atomic E-state index is 13.0. The number of ether oxygens (including phenoxy) is 2. The van der Waals surface area contributed by atoms with Gasteiger partial charge in [-0.15, -0.1) is 0 Å². The summed E-state index contributed by atoms with van der Waals surface area (Å²) >= 11 is 6.14. The first-order valence-electron chi connectivity index (χ1n) is 9.33. The fourth-order valence-electron chi connectivity index (χ4n) is 2.78. The average molecular weight is 479 g/mol. The van der Waals surface area contributed by atoms with Gasteiger partial charge in [-0.25, -0.2) is 4.79 Å². The summed E-state index contributed by atoms with van der Waals surface area (Å²) < 4.78 is 42.1. The maximum absolute atomic E-state index is 13.0. The van der Waals surface area contributed by atoms with Crippen LogP contribution in [0, 0.1) is 6.92 Å². The Kier molecular flexibility index (Phi) is 6.85. The number of nitrogens with zero attached hydrogens (tertiary/aromatic N) is 2. The highest BCUT2D eigenvalue weighted by molar-refractivity contribution is 7.87. The van der Waals surface area contributed by atoms with E-state index >= 15 is 0 Å². The average Bonchev–Trinajstić information content (AvgIpc) is 2.74. The zero-order chi connectivity index (χ0) is 23.5. The Balaban J connectivity index is 2.17. The van der Waals surface area contributed by atoms with Crippen LogP contribution in [0.5, 0.6) is 11.5 Å². The number of aromatic nitrogens is 2. The molecule has 32 heavy (non-hydrogen) atoms. The summed E-state index contributed by atoms with van der Waals surface area (Å²) in [5, 5.41) is 4.18. The van der Waals surface area contributed by atoms with Gasteiger partial charge >= 0.3 is 16.1 Å². The number of carbonyl (C=O) groups is 1. The molecule has 2 aromatic carbocycles. The number of para-hydroxylation sites is 1. The summed E-state index contributed by atoms with van der Waals surface area (Å²) in [6.45, 7) is 3.25. The molecular formula is C21H19ClN2O7S. The number of hydrogen-bond donors (Lipinski definition) is 0. The molecule has 0 saturated carbocycles. The van der Waals surface area contributed by atoms with Gasteiger partial charge in [-0.3, -0.25) is 4.79 Å². The Morgan fingerprint density at radius 2 is 1.84 bits per heavy atom. The molecule has 3 rings (SSSR count). The molecule has 11 heteroatoms. The maximum Gasteiger partial charge on any atom is 0.362 e. The van der Waals surface area contributed by atoms with Gasteiger partial charge in [0.25, 0.3) is 5.56 Å². The summed E-state index contributed by atoms with van der Waals surface area (Å²) in [5.74, 6) is -1.53. The number of carbonyl (C=O) groups excluding carboxylic acids is 1. The molecule has 1 aromatic heterocycles. The molecule has 0 aliphatic rings. The number of methoxy groups -OCH3 is 1. The third-order valence-electron chi connectivity index (χ3n) is 4.23. The van der Waals surface area contributed by atoms with Crippen LogP contribution in [-0.2, 0) is 14.9 Å². The zero-order valence-electron chi connectivity index (χ0n) is 17.4. The lowest BCUT2D eigenvalue weighted by Gasteiger charge is -2.14. The molecule has 3 aromatic rings. The standard InChI is InChI=1S/C21H19ClN2O7S/c1-4-30-21(26)20-17(12-19(25)24(23-20)15-8-6-5-7-14(15)22)31-32(27,28)18-11-13(2)9-10-16(18)29-3/h5-12H,4H2,1-3H3. The van der Waals surface area contributed by atoms with Crippen LogP contribution in [0.15, 0.2) is 58.2 Å². The van der Waals surface area contributed by atoms with E-state index in [1.165, 1.54) is 31.4 Å². The van der Waals surface area contributed by atoms with E-state index in [1.807, 2.05) is 0 Å². The van der Waals surface area contributed by atoms with E-state index in [0.717, 1.165) is 10.7 Å². The Hall–Kier alpha value is -3.37. The Bertz CT molecular complexity index is 1340. The molecule has 0 saturated heterocycles. The van der Waals surface area contributed by atoms with Gasteiger partial charge in [0, 0.05) is 0 Å².